The fraction of sp³-hybridized carbons (Fsp3) is 0.583. The molecule has 0 radical (unpaired) electrons. The minimum absolute atomic E-state index is 0.0264. The Balaban J connectivity index is 1.86. The lowest BCUT2D eigenvalue weighted by Gasteiger charge is -2.23. The van der Waals surface area contributed by atoms with Gasteiger partial charge in [0.05, 0.1) is 6.54 Å². The number of likely N-dealkylation sites (tertiary alicyclic amines) is 1. The highest BCUT2D eigenvalue weighted by molar-refractivity contribution is 7.10. The van der Waals surface area contributed by atoms with Crippen molar-refractivity contribution in [2.75, 3.05) is 19.6 Å². The van der Waals surface area contributed by atoms with Crippen LogP contribution in [0.25, 0.3) is 0 Å². The van der Waals surface area contributed by atoms with Gasteiger partial charge in [0.2, 0.25) is 5.91 Å². The van der Waals surface area contributed by atoms with Crippen LogP contribution in [0.5, 0.6) is 0 Å². The van der Waals surface area contributed by atoms with Gasteiger partial charge in [-0.05, 0) is 30.8 Å². The Hall–Kier alpha value is -1.08. The topological polar surface area (TPSA) is 32.3 Å². The zero-order valence-corrected chi connectivity index (χ0v) is 11.1. The summed E-state index contributed by atoms with van der Waals surface area (Å²) >= 11 is 1.62. The van der Waals surface area contributed by atoms with E-state index in [1.54, 1.807) is 11.3 Å². The van der Waals surface area contributed by atoms with Crippen LogP contribution in [0.3, 0.4) is 0 Å². The number of thiophene rings is 1. The third kappa shape index (κ3) is 4.21. The molecule has 106 valence electrons. The molecule has 0 aromatic carbocycles. The molecule has 2 rings (SSSR count). The van der Waals surface area contributed by atoms with Crippen molar-refractivity contribution >= 4 is 17.2 Å². The lowest BCUT2D eigenvalue weighted by atomic mass is 10.2. The van der Waals surface area contributed by atoms with Crippen molar-refractivity contribution in [3.05, 3.63) is 22.4 Å². The quantitative estimate of drug-likeness (QED) is 0.925. The number of amides is 1. The van der Waals surface area contributed by atoms with E-state index in [9.17, 15) is 18.0 Å². The van der Waals surface area contributed by atoms with Crippen molar-refractivity contribution in [3.8, 4) is 0 Å². The van der Waals surface area contributed by atoms with Crippen molar-refractivity contribution in [3.63, 3.8) is 0 Å². The summed E-state index contributed by atoms with van der Waals surface area (Å²) < 4.78 is 36.0. The minimum Gasteiger partial charge on any atom is -0.346 e. The fourth-order valence-corrected chi connectivity index (χ4v) is 3.15. The molecule has 1 aromatic rings. The number of carbonyl (C=O) groups is 1. The third-order valence-electron chi connectivity index (χ3n) is 3.07. The maximum absolute atomic E-state index is 12.0. The number of rotatable bonds is 4. The maximum Gasteiger partial charge on any atom is 0.405 e. The number of halogens is 3. The van der Waals surface area contributed by atoms with E-state index in [-0.39, 0.29) is 12.6 Å². The van der Waals surface area contributed by atoms with Crippen LogP contribution >= 0.6 is 11.3 Å². The molecular weight excluding hydrogens is 277 g/mol. The number of nitrogens with one attached hydrogen (secondary N) is 1. The van der Waals surface area contributed by atoms with E-state index in [1.807, 2.05) is 27.7 Å². The molecule has 0 bridgehead atoms. The van der Waals surface area contributed by atoms with Crippen LogP contribution in [-0.2, 0) is 4.79 Å². The molecule has 1 fully saturated rings. The van der Waals surface area contributed by atoms with Crippen molar-refractivity contribution in [1.82, 2.24) is 10.2 Å². The molecule has 1 saturated heterocycles. The second-order valence-corrected chi connectivity index (χ2v) is 5.52. The second-order valence-electron chi connectivity index (χ2n) is 4.54. The molecule has 2 heterocycles. The van der Waals surface area contributed by atoms with Gasteiger partial charge in [-0.3, -0.25) is 9.69 Å². The van der Waals surface area contributed by atoms with Crippen LogP contribution < -0.4 is 5.32 Å². The monoisotopic (exact) mass is 292 g/mol. The van der Waals surface area contributed by atoms with Gasteiger partial charge < -0.3 is 5.32 Å². The smallest absolute Gasteiger partial charge is 0.346 e. The van der Waals surface area contributed by atoms with Crippen LogP contribution in [-0.4, -0.2) is 36.6 Å². The molecule has 0 saturated carbocycles. The maximum atomic E-state index is 12.0. The van der Waals surface area contributed by atoms with Gasteiger partial charge in [-0.2, -0.15) is 13.2 Å². The molecule has 0 aliphatic carbocycles. The van der Waals surface area contributed by atoms with E-state index in [0.29, 0.717) is 0 Å². The lowest BCUT2D eigenvalue weighted by molar-refractivity contribution is -0.139. The first kappa shape index (κ1) is 14.3. The number of alkyl halides is 3. The highest BCUT2D eigenvalue weighted by Gasteiger charge is 2.30. The Morgan fingerprint density at radius 3 is 2.95 bits per heavy atom. The van der Waals surface area contributed by atoms with E-state index >= 15 is 0 Å². The van der Waals surface area contributed by atoms with E-state index in [1.165, 1.54) is 4.88 Å². The Kier molecular flexibility index (Phi) is 4.46. The highest BCUT2D eigenvalue weighted by Crippen LogP contribution is 2.33. The summed E-state index contributed by atoms with van der Waals surface area (Å²) in [4.78, 5) is 14.6. The average molecular weight is 292 g/mol. The predicted molar refractivity (Wildman–Crippen MR) is 66.9 cm³/mol. The van der Waals surface area contributed by atoms with E-state index in [4.69, 9.17) is 0 Å². The zero-order valence-electron chi connectivity index (χ0n) is 10.2. The summed E-state index contributed by atoms with van der Waals surface area (Å²) in [7, 11) is 0. The Labute approximate surface area is 113 Å². The molecule has 19 heavy (non-hydrogen) atoms. The minimum atomic E-state index is -4.35. The molecule has 1 atom stereocenters. The molecule has 1 aliphatic rings. The van der Waals surface area contributed by atoms with Gasteiger partial charge >= 0.3 is 6.18 Å². The van der Waals surface area contributed by atoms with E-state index < -0.39 is 18.6 Å². The van der Waals surface area contributed by atoms with Crippen LogP contribution in [0.1, 0.15) is 23.8 Å². The number of hydrogen-bond donors (Lipinski definition) is 1. The van der Waals surface area contributed by atoms with Crippen molar-refractivity contribution in [2.45, 2.75) is 25.1 Å². The van der Waals surface area contributed by atoms with Gasteiger partial charge in [0.25, 0.3) is 0 Å². The normalized spacial score (nSPS) is 20.7. The summed E-state index contributed by atoms with van der Waals surface area (Å²) in [6.45, 7) is -0.482. The summed E-state index contributed by atoms with van der Waals surface area (Å²) in [6, 6.07) is 4.11. The molecule has 3 nitrogen and oxygen atoms in total. The number of nitrogens with zero attached hydrogens (tertiary/aromatic N) is 1. The van der Waals surface area contributed by atoms with Crippen molar-refractivity contribution in [2.24, 2.45) is 0 Å². The van der Waals surface area contributed by atoms with Crippen molar-refractivity contribution < 1.29 is 18.0 Å². The summed E-state index contributed by atoms with van der Waals surface area (Å²) in [6.07, 6.45) is -2.43. The van der Waals surface area contributed by atoms with Crippen LogP contribution in [0.2, 0.25) is 0 Å². The average Bonchev–Trinajstić information content (AvgIpc) is 2.94. The lowest BCUT2D eigenvalue weighted by Crippen LogP contribution is -2.40. The van der Waals surface area contributed by atoms with Crippen LogP contribution in [0.4, 0.5) is 13.2 Å². The zero-order chi connectivity index (χ0) is 13.9. The van der Waals surface area contributed by atoms with E-state index in [2.05, 4.69) is 0 Å². The summed E-state index contributed by atoms with van der Waals surface area (Å²) in [5.74, 6) is -0.569. The van der Waals surface area contributed by atoms with Gasteiger partial charge in [-0.1, -0.05) is 6.07 Å². The first-order valence-corrected chi connectivity index (χ1v) is 6.94. The molecule has 1 aliphatic heterocycles. The molecule has 7 heteroatoms. The van der Waals surface area contributed by atoms with Gasteiger partial charge in [-0.25, -0.2) is 0 Å². The van der Waals surface area contributed by atoms with E-state index in [0.717, 1.165) is 19.4 Å². The number of hydrogen-bond acceptors (Lipinski definition) is 3. The third-order valence-corrected chi connectivity index (χ3v) is 4.04. The van der Waals surface area contributed by atoms with Gasteiger partial charge in [0, 0.05) is 10.9 Å². The van der Waals surface area contributed by atoms with Crippen LogP contribution in [0.15, 0.2) is 17.5 Å². The first-order valence-electron chi connectivity index (χ1n) is 6.06. The van der Waals surface area contributed by atoms with Crippen LogP contribution in [0, 0.1) is 0 Å². The second kappa shape index (κ2) is 5.92. The standard InChI is InChI=1S/C12H15F3N2OS/c13-12(14,15)8-16-11(18)7-17-5-1-3-9(17)10-4-2-6-19-10/h2,4,6,9H,1,3,5,7-8H2,(H,16,18). The number of carbonyl (C=O) groups excluding carboxylic acids is 1. The van der Waals surface area contributed by atoms with Gasteiger partial charge in [0.15, 0.2) is 0 Å². The van der Waals surface area contributed by atoms with Crippen molar-refractivity contribution in [1.29, 1.82) is 0 Å². The molecule has 1 unspecified atom stereocenters. The first-order chi connectivity index (χ1) is 8.96. The molecule has 1 amide bonds. The molecular formula is C12H15F3N2OS. The molecule has 1 N–H and O–H groups in total. The van der Waals surface area contributed by atoms with Gasteiger partial charge in [0.1, 0.15) is 6.54 Å². The highest BCUT2D eigenvalue weighted by atomic mass is 32.1. The predicted octanol–water partition coefficient (Wildman–Crippen LogP) is 2.56. The van der Waals surface area contributed by atoms with Gasteiger partial charge in [-0.15, -0.1) is 11.3 Å². The largest absolute Gasteiger partial charge is 0.405 e. The summed E-state index contributed by atoms with van der Waals surface area (Å²) in [5, 5.41) is 3.88. The Morgan fingerprint density at radius 1 is 1.53 bits per heavy atom. The fourth-order valence-electron chi connectivity index (χ4n) is 2.26. The molecule has 0 spiro atoms. The Bertz CT molecular complexity index is 419. The Morgan fingerprint density at radius 2 is 2.32 bits per heavy atom. The summed E-state index contributed by atoms with van der Waals surface area (Å²) in [5.41, 5.74) is 0. The molecule has 1 aromatic heterocycles. The SMILES string of the molecule is O=C(CN1CCCC1c1cccs1)NCC(F)(F)F.